The highest BCUT2D eigenvalue weighted by atomic mass is 127. The lowest BCUT2D eigenvalue weighted by Crippen LogP contribution is -2.48. The van der Waals surface area contributed by atoms with Gasteiger partial charge in [-0.1, -0.05) is 6.92 Å². The zero-order valence-corrected chi connectivity index (χ0v) is 16.8. The predicted octanol–water partition coefficient (Wildman–Crippen LogP) is 1.89. The highest BCUT2D eigenvalue weighted by Crippen LogP contribution is 2.27. The lowest BCUT2D eigenvalue weighted by molar-refractivity contribution is 0.189. The molecule has 2 aromatic heterocycles. The number of aryl methyl sites for hydroxylation is 1. The number of rotatable bonds is 3. The van der Waals surface area contributed by atoms with Gasteiger partial charge in [-0.05, 0) is 12.3 Å². The Morgan fingerprint density at radius 2 is 2.21 bits per heavy atom. The van der Waals surface area contributed by atoms with E-state index in [0.29, 0.717) is 18.5 Å². The maximum absolute atomic E-state index is 4.45. The molecule has 1 fully saturated rings. The molecule has 132 valence electrons. The van der Waals surface area contributed by atoms with E-state index in [4.69, 9.17) is 0 Å². The number of nitrogens with one attached hydrogen (secondary N) is 1. The number of nitrogens with zero attached hydrogens (tertiary/aromatic N) is 6. The van der Waals surface area contributed by atoms with Gasteiger partial charge in [-0.25, -0.2) is 9.97 Å². The van der Waals surface area contributed by atoms with Gasteiger partial charge in [-0.2, -0.15) is 0 Å². The van der Waals surface area contributed by atoms with Gasteiger partial charge >= 0.3 is 0 Å². The predicted molar refractivity (Wildman–Crippen MR) is 105 cm³/mol. The second-order valence-electron chi connectivity index (χ2n) is 6.14. The molecule has 8 heteroatoms. The highest BCUT2D eigenvalue weighted by Gasteiger charge is 2.28. The number of imidazole rings is 2. The van der Waals surface area contributed by atoms with Crippen LogP contribution in [0.2, 0.25) is 0 Å². The third-order valence-electron chi connectivity index (χ3n) is 4.66. The normalized spacial score (nSPS) is 21.5. The molecule has 1 aliphatic heterocycles. The topological polar surface area (TPSA) is 63.3 Å². The minimum Gasteiger partial charge on any atom is -0.349 e. The van der Waals surface area contributed by atoms with Gasteiger partial charge in [0.1, 0.15) is 5.82 Å². The van der Waals surface area contributed by atoms with Gasteiger partial charge < -0.3 is 19.4 Å². The van der Waals surface area contributed by atoms with Gasteiger partial charge in [0.2, 0.25) is 0 Å². The van der Waals surface area contributed by atoms with Crippen molar-refractivity contribution in [3.05, 3.63) is 36.9 Å². The number of halogens is 1. The van der Waals surface area contributed by atoms with Crippen molar-refractivity contribution in [3.8, 4) is 0 Å². The third kappa shape index (κ3) is 4.08. The van der Waals surface area contributed by atoms with Crippen molar-refractivity contribution in [3.63, 3.8) is 0 Å². The van der Waals surface area contributed by atoms with Gasteiger partial charge in [0.25, 0.3) is 0 Å². The summed E-state index contributed by atoms with van der Waals surface area (Å²) in [5.41, 5.74) is 0. The molecule has 0 aromatic carbocycles. The third-order valence-corrected chi connectivity index (χ3v) is 4.66. The minimum atomic E-state index is 0. The number of hydrogen-bond acceptors (Lipinski definition) is 3. The number of aromatic nitrogens is 4. The monoisotopic (exact) mass is 443 g/mol. The molecule has 24 heavy (non-hydrogen) atoms. The maximum Gasteiger partial charge on any atom is 0.194 e. The molecule has 0 saturated carbocycles. The van der Waals surface area contributed by atoms with E-state index in [1.54, 1.807) is 0 Å². The molecule has 3 heterocycles. The Hall–Kier alpha value is -1.58. The molecule has 1 aliphatic rings. The Bertz CT molecular complexity index is 649. The molecule has 1 saturated heterocycles. The van der Waals surface area contributed by atoms with E-state index in [1.807, 2.05) is 43.6 Å². The molecule has 2 atom stereocenters. The SMILES string of the molecule is CN=C(NCc1nccn1C)N1CCC(C)C(n2ccnc2)C1.I. The van der Waals surface area contributed by atoms with Crippen molar-refractivity contribution >= 4 is 29.9 Å². The first-order valence-electron chi connectivity index (χ1n) is 8.08. The van der Waals surface area contributed by atoms with Crippen molar-refractivity contribution in [2.75, 3.05) is 20.1 Å². The smallest absolute Gasteiger partial charge is 0.194 e. The summed E-state index contributed by atoms with van der Waals surface area (Å²) in [4.78, 5) is 15.3. The van der Waals surface area contributed by atoms with Crippen LogP contribution in [-0.4, -0.2) is 50.1 Å². The Labute approximate surface area is 160 Å². The van der Waals surface area contributed by atoms with Crippen LogP contribution in [0.5, 0.6) is 0 Å². The summed E-state index contributed by atoms with van der Waals surface area (Å²) < 4.78 is 4.23. The lowest BCUT2D eigenvalue weighted by atomic mass is 9.93. The fraction of sp³-hybridized carbons (Fsp3) is 0.562. The van der Waals surface area contributed by atoms with E-state index in [1.165, 1.54) is 0 Å². The lowest BCUT2D eigenvalue weighted by Gasteiger charge is -2.39. The number of hydrogen-bond donors (Lipinski definition) is 1. The van der Waals surface area contributed by atoms with Crippen molar-refractivity contribution in [2.45, 2.75) is 25.9 Å². The molecule has 0 spiro atoms. The van der Waals surface area contributed by atoms with Gasteiger partial charge in [-0.15, -0.1) is 24.0 Å². The molecule has 0 aliphatic carbocycles. The van der Waals surface area contributed by atoms with E-state index < -0.39 is 0 Å². The first-order chi connectivity index (χ1) is 11.2. The van der Waals surface area contributed by atoms with E-state index in [2.05, 4.69) is 42.9 Å². The van der Waals surface area contributed by atoms with Crippen molar-refractivity contribution in [1.82, 2.24) is 29.3 Å². The van der Waals surface area contributed by atoms with Crippen molar-refractivity contribution in [1.29, 1.82) is 0 Å². The van der Waals surface area contributed by atoms with Crippen LogP contribution < -0.4 is 5.32 Å². The molecule has 0 radical (unpaired) electrons. The van der Waals surface area contributed by atoms with Crippen LogP contribution in [0, 0.1) is 5.92 Å². The van der Waals surface area contributed by atoms with E-state index in [9.17, 15) is 0 Å². The van der Waals surface area contributed by atoms with Crippen LogP contribution >= 0.6 is 24.0 Å². The molecule has 3 rings (SSSR count). The van der Waals surface area contributed by atoms with Crippen LogP contribution in [0.4, 0.5) is 0 Å². The zero-order valence-electron chi connectivity index (χ0n) is 14.5. The van der Waals surface area contributed by atoms with Gasteiger partial charge in [0.05, 0.1) is 18.9 Å². The van der Waals surface area contributed by atoms with Gasteiger partial charge in [-0.3, -0.25) is 4.99 Å². The average molecular weight is 443 g/mol. The largest absolute Gasteiger partial charge is 0.349 e. The number of aliphatic imine (C=N–C) groups is 1. The Kier molecular flexibility index (Phi) is 6.64. The van der Waals surface area contributed by atoms with Crippen molar-refractivity contribution < 1.29 is 0 Å². The standard InChI is InChI=1S/C16H25N7.HI/c1-13-4-7-22(11-14(13)23-9-5-18-12-23)16(17-2)20-10-15-19-6-8-21(15)3;/h5-6,8-9,12-14H,4,7,10-11H2,1-3H3,(H,17,20);1H. The van der Waals surface area contributed by atoms with E-state index >= 15 is 0 Å². The van der Waals surface area contributed by atoms with Crippen LogP contribution in [0.3, 0.4) is 0 Å². The summed E-state index contributed by atoms with van der Waals surface area (Å²) >= 11 is 0. The number of piperidine rings is 1. The van der Waals surface area contributed by atoms with Crippen LogP contribution in [0.1, 0.15) is 25.2 Å². The fourth-order valence-corrected chi connectivity index (χ4v) is 3.15. The molecule has 0 bridgehead atoms. The van der Waals surface area contributed by atoms with Crippen molar-refractivity contribution in [2.24, 2.45) is 18.0 Å². The Balaban J connectivity index is 0.00000208. The molecule has 0 amide bonds. The zero-order chi connectivity index (χ0) is 16.2. The minimum absolute atomic E-state index is 0. The van der Waals surface area contributed by atoms with E-state index in [0.717, 1.165) is 31.3 Å². The summed E-state index contributed by atoms with van der Waals surface area (Å²) in [7, 11) is 3.84. The van der Waals surface area contributed by atoms with Crippen LogP contribution in [0.25, 0.3) is 0 Å². The Morgan fingerprint density at radius 3 is 2.83 bits per heavy atom. The summed E-state index contributed by atoms with van der Waals surface area (Å²) in [6.07, 6.45) is 10.7. The highest BCUT2D eigenvalue weighted by molar-refractivity contribution is 14.0. The molecular formula is C16H26IN7. The first-order valence-corrected chi connectivity index (χ1v) is 8.08. The average Bonchev–Trinajstić information content (AvgIpc) is 3.21. The molecule has 2 unspecified atom stereocenters. The quantitative estimate of drug-likeness (QED) is 0.447. The molecule has 2 aromatic rings. The fourth-order valence-electron chi connectivity index (χ4n) is 3.15. The first kappa shape index (κ1) is 18.8. The Morgan fingerprint density at radius 1 is 1.38 bits per heavy atom. The van der Waals surface area contributed by atoms with Gasteiger partial charge in [0.15, 0.2) is 5.96 Å². The van der Waals surface area contributed by atoms with Crippen LogP contribution in [-0.2, 0) is 13.6 Å². The summed E-state index contributed by atoms with van der Waals surface area (Å²) in [5, 5.41) is 3.43. The molecular weight excluding hydrogens is 417 g/mol. The summed E-state index contributed by atoms with van der Waals surface area (Å²) in [6, 6.07) is 0.429. The maximum atomic E-state index is 4.45. The second-order valence-corrected chi connectivity index (χ2v) is 6.14. The van der Waals surface area contributed by atoms with Gasteiger partial charge in [0, 0.05) is 52.0 Å². The van der Waals surface area contributed by atoms with E-state index in [-0.39, 0.29) is 24.0 Å². The number of likely N-dealkylation sites (tertiary alicyclic amines) is 1. The second kappa shape index (κ2) is 8.50. The summed E-state index contributed by atoms with van der Waals surface area (Å²) in [6.45, 7) is 4.95. The summed E-state index contributed by atoms with van der Waals surface area (Å²) in [5.74, 6) is 2.57. The number of guanidine groups is 1. The van der Waals surface area contributed by atoms with Crippen LogP contribution in [0.15, 0.2) is 36.1 Å². The molecule has 7 nitrogen and oxygen atoms in total. The molecule has 1 N–H and O–H groups in total.